The molecule has 5 heteroatoms. The van der Waals surface area contributed by atoms with Gasteiger partial charge in [-0.2, -0.15) is 0 Å². The second-order valence-electron chi connectivity index (χ2n) is 4.69. The Hall–Kier alpha value is -0.810. The van der Waals surface area contributed by atoms with Gasteiger partial charge < -0.3 is 0 Å². The molecule has 2 rings (SSSR count). The Morgan fingerprint density at radius 3 is 2.78 bits per heavy atom. The van der Waals surface area contributed by atoms with Crippen LogP contribution in [0.15, 0.2) is 16.0 Å². The van der Waals surface area contributed by atoms with Crippen molar-refractivity contribution in [3.63, 3.8) is 0 Å². The van der Waals surface area contributed by atoms with Crippen molar-refractivity contribution in [2.24, 2.45) is 5.92 Å². The molecule has 0 aromatic carbocycles. The van der Waals surface area contributed by atoms with Gasteiger partial charge in [0, 0.05) is 11.4 Å². The van der Waals surface area contributed by atoms with Crippen LogP contribution in [0.4, 0.5) is 0 Å². The van der Waals surface area contributed by atoms with E-state index in [2.05, 4.69) is 25.8 Å². The van der Waals surface area contributed by atoms with Crippen LogP contribution in [0, 0.1) is 5.92 Å². The molecule has 98 valence electrons. The largest absolute Gasteiger partial charge is 0.287 e. The molecule has 0 amide bonds. The highest BCUT2D eigenvalue weighted by Gasteiger charge is 2.13. The first-order chi connectivity index (χ1) is 8.56. The molecular weight excluding hydrogens is 264 g/mol. The number of thiophene rings is 1. The first-order valence-corrected chi connectivity index (χ1v) is 8.18. The van der Waals surface area contributed by atoms with Gasteiger partial charge in [0.2, 0.25) is 0 Å². The molecule has 0 saturated heterocycles. The monoisotopic (exact) mass is 282 g/mol. The van der Waals surface area contributed by atoms with E-state index in [1.807, 2.05) is 16.9 Å². The Bertz CT molecular complexity index is 613. The highest BCUT2D eigenvalue weighted by atomic mass is 32.2. The number of aromatic nitrogens is 2. The van der Waals surface area contributed by atoms with Crippen LogP contribution < -0.4 is 5.56 Å². The zero-order valence-electron chi connectivity index (χ0n) is 11.2. The van der Waals surface area contributed by atoms with E-state index in [0.717, 1.165) is 28.3 Å². The summed E-state index contributed by atoms with van der Waals surface area (Å²) in [6.07, 6.45) is 2.93. The molecule has 0 N–H and O–H groups in total. The minimum absolute atomic E-state index is 0.106. The molecular formula is C13H18N2OS2. The van der Waals surface area contributed by atoms with E-state index in [1.54, 1.807) is 23.1 Å². The smallest absolute Gasteiger partial charge is 0.262 e. The van der Waals surface area contributed by atoms with Crippen molar-refractivity contribution in [3.8, 4) is 0 Å². The van der Waals surface area contributed by atoms with Crippen molar-refractivity contribution in [3.05, 3.63) is 21.3 Å². The molecule has 0 atom stereocenters. The summed E-state index contributed by atoms with van der Waals surface area (Å²) < 4.78 is 1.81. The molecule has 0 spiro atoms. The van der Waals surface area contributed by atoms with Gasteiger partial charge >= 0.3 is 0 Å². The van der Waals surface area contributed by atoms with Crippen molar-refractivity contribution >= 4 is 33.3 Å². The number of nitrogens with zero attached hydrogens (tertiary/aromatic N) is 2. The maximum absolute atomic E-state index is 12.5. The van der Waals surface area contributed by atoms with Crippen LogP contribution in [0.1, 0.15) is 25.6 Å². The van der Waals surface area contributed by atoms with Crippen molar-refractivity contribution < 1.29 is 0 Å². The predicted octanol–water partition coefficient (Wildman–Crippen LogP) is 3.40. The van der Waals surface area contributed by atoms with Crippen LogP contribution in [-0.2, 0) is 13.0 Å². The lowest BCUT2D eigenvalue weighted by atomic mass is 10.2. The minimum atomic E-state index is 0.106. The number of fused-ring (bicyclic) bond motifs is 1. The van der Waals surface area contributed by atoms with Crippen LogP contribution in [0.5, 0.6) is 0 Å². The topological polar surface area (TPSA) is 34.9 Å². The van der Waals surface area contributed by atoms with E-state index in [4.69, 9.17) is 0 Å². The third-order valence-electron chi connectivity index (χ3n) is 2.75. The normalized spacial score (nSPS) is 11.6. The molecule has 0 aliphatic rings. The van der Waals surface area contributed by atoms with Crippen molar-refractivity contribution in [2.75, 3.05) is 6.26 Å². The Balaban J connectivity index is 2.68. The van der Waals surface area contributed by atoms with Gasteiger partial charge in [0.05, 0.1) is 5.39 Å². The molecule has 0 radical (unpaired) electrons. The maximum atomic E-state index is 12.5. The summed E-state index contributed by atoms with van der Waals surface area (Å²) in [4.78, 5) is 19.2. The van der Waals surface area contributed by atoms with Gasteiger partial charge in [-0.3, -0.25) is 9.36 Å². The second-order valence-corrected chi connectivity index (χ2v) is 6.58. The van der Waals surface area contributed by atoms with Gasteiger partial charge in [-0.1, -0.05) is 32.5 Å². The molecule has 0 aliphatic heterocycles. The second kappa shape index (κ2) is 5.45. The summed E-state index contributed by atoms with van der Waals surface area (Å²) in [5.74, 6) is 0.442. The fourth-order valence-corrected chi connectivity index (χ4v) is 3.48. The number of thioether (sulfide) groups is 1. The van der Waals surface area contributed by atoms with Crippen molar-refractivity contribution in [1.82, 2.24) is 9.55 Å². The van der Waals surface area contributed by atoms with E-state index in [1.165, 1.54) is 4.88 Å². The zero-order valence-corrected chi connectivity index (χ0v) is 12.8. The third-order valence-corrected chi connectivity index (χ3v) is 4.60. The predicted molar refractivity (Wildman–Crippen MR) is 79.9 cm³/mol. The summed E-state index contributed by atoms with van der Waals surface area (Å²) in [5.41, 5.74) is 0.106. The third kappa shape index (κ3) is 2.47. The molecule has 2 heterocycles. The molecule has 0 fully saturated rings. The van der Waals surface area contributed by atoms with Gasteiger partial charge in [0.15, 0.2) is 5.16 Å². The van der Waals surface area contributed by atoms with E-state index in [0.29, 0.717) is 5.92 Å². The summed E-state index contributed by atoms with van der Waals surface area (Å²) in [5, 5.41) is 1.60. The highest BCUT2D eigenvalue weighted by Crippen LogP contribution is 2.24. The Morgan fingerprint density at radius 1 is 1.50 bits per heavy atom. The molecule has 2 aromatic rings. The van der Waals surface area contributed by atoms with Crippen LogP contribution in [0.3, 0.4) is 0 Å². The lowest BCUT2D eigenvalue weighted by Gasteiger charge is -2.12. The van der Waals surface area contributed by atoms with Gasteiger partial charge in [0.25, 0.3) is 5.56 Å². The standard InChI is InChI=1S/C13H18N2OS2/c1-5-9-6-10-11(18-9)14-13(17-4)15(12(10)16)7-8(2)3/h6,8H,5,7H2,1-4H3. The molecule has 0 unspecified atom stereocenters. The SMILES string of the molecule is CCc1cc2c(=O)n(CC(C)C)c(SC)nc2s1. The fourth-order valence-electron chi connectivity index (χ4n) is 1.90. The first kappa shape index (κ1) is 13.6. The summed E-state index contributed by atoms with van der Waals surface area (Å²) >= 11 is 3.17. The van der Waals surface area contributed by atoms with E-state index in [9.17, 15) is 4.79 Å². The number of hydrogen-bond acceptors (Lipinski definition) is 4. The van der Waals surface area contributed by atoms with Gasteiger partial charge in [-0.05, 0) is 24.7 Å². The average Bonchev–Trinajstić information content (AvgIpc) is 2.75. The van der Waals surface area contributed by atoms with Gasteiger partial charge in [0.1, 0.15) is 4.83 Å². The lowest BCUT2D eigenvalue weighted by Crippen LogP contribution is -2.24. The van der Waals surface area contributed by atoms with E-state index in [-0.39, 0.29) is 5.56 Å². The lowest BCUT2D eigenvalue weighted by molar-refractivity contribution is 0.475. The van der Waals surface area contributed by atoms with E-state index >= 15 is 0 Å². The first-order valence-electron chi connectivity index (χ1n) is 6.14. The zero-order chi connectivity index (χ0) is 13.3. The molecule has 0 aliphatic carbocycles. The number of hydrogen-bond donors (Lipinski definition) is 0. The Labute approximate surface area is 115 Å². The summed E-state index contributed by atoms with van der Waals surface area (Å²) in [6, 6.07) is 2.00. The average molecular weight is 282 g/mol. The van der Waals surface area contributed by atoms with Crippen LogP contribution >= 0.6 is 23.1 Å². The Kier molecular flexibility index (Phi) is 4.12. The summed E-state index contributed by atoms with van der Waals surface area (Å²) in [6.45, 7) is 7.07. The van der Waals surface area contributed by atoms with Crippen LogP contribution in [0.2, 0.25) is 0 Å². The minimum Gasteiger partial charge on any atom is -0.287 e. The number of rotatable bonds is 4. The van der Waals surface area contributed by atoms with Crippen molar-refractivity contribution in [1.29, 1.82) is 0 Å². The molecule has 0 bridgehead atoms. The molecule has 2 aromatic heterocycles. The Morgan fingerprint density at radius 2 is 2.22 bits per heavy atom. The molecule has 3 nitrogen and oxygen atoms in total. The molecule has 0 saturated carbocycles. The van der Waals surface area contributed by atoms with Gasteiger partial charge in [-0.15, -0.1) is 11.3 Å². The fraction of sp³-hybridized carbons (Fsp3) is 0.538. The maximum Gasteiger partial charge on any atom is 0.262 e. The van der Waals surface area contributed by atoms with Gasteiger partial charge in [-0.25, -0.2) is 4.98 Å². The number of aryl methyl sites for hydroxylation is 1. The summed E-state index contributed by atoms with van der Waals surface area (Å²) in [7, 11) is 0. The van der Waals surface area contributed by atoms with Crippen LogP contribution in [0.25, 0.3) is 10.2 Å². The van der Waals surface area contributed by atoms with Crippen molar-refractivity contribution in [2.45, 2.75) is 38.9 Å². The van der Waals surface area contributed by atoms with E-state index < -0.39 is 0 Å². The van der Waals surface area contributed by atoms with Crippen LogP contribution in [-0.4, -0.2) is 15.8 Å². The quantitative estimate of drug-likeness (QED) is 0.637. The molecule has 18 heavy (non-hydrogen) atoms. The highest BCUT2D eigenvalue weighted by molar-refractivity contribution is 7.98.